The van der Waals surface area contributed by atoms with Gasteiger partial charge < -0.3 is 5.32 Å². The first kappa shape index (κ1) is 17.6. The minimum absolute atomic E-state index is 0.00712. The fourth-order valence-electron chi connectivity index (χ4n) is 1.97. The second-order valence-electron chi connectivity index (χ2n) is 5.20. The maximum atomic E-state index is 12.3. The van der Waals surface area contributed by atoms with E-state index in [-0.39, 0.29) is 6.04 Å². The number of sulfonamides is 1. The third-order valence-corrected chi connectivity index (χ3v) is 6.38. The molecule has 1 atom stereocenters. The van der Waals surface area contributed by atoms with Gasteiger partial charge in [-0.25, -0.2) is 13.1 Å². The van der Waals surface area contributed by atoms with Gasteiger partial charge in [0.05, 0.1) is 0 Å². The number of hydrogen-bond donors (Lipinski definition) is 2. The molecule has 1 heterocycles. The molecule has 1 aromatic rings. The van der Waals surface area contributed by atoms with Crippen LogP contribution in [0.25, 0.3) is 0 Å². The van der Waals surface area contributed by atoms with Crippen LogP contribution in [0.3, 0.4) is 0 Å². The largest absolute Gasteiger partial charge is 0.317 e. The summed E-state index contributed by atoms with van der Waals surface area (Å²) >= 11 is 1.36. The number of hydrogen-bond acceptors (Lipinski definition) is 4. The van der Waals surface area contributed by atoms with Gasteiger partial charge in [-0.15, -0.1) is 11.3 Å². The molecule has 0 aliphatic heterocycles. The average molecular weight is 319 g/mol. The average Bonchev–Trinajstić information content (AvgIpc) is 2.85. The Morgan fingerprint density at radius 3 is 2.50 bits per heavy atom. The van der Waals surface area contributed by atoms with Gasteiger partial charge in [0.1, 0.15) is 4.21 Å². The molecule has 0 aliphatic rings. The predicted molar refractivity (Wildman–Crippen MR) is 85.8 cm³/mol. The Balaban J connectivity index is 2.72. The summed E-state index contributed by atoms with van der Waals surface area (Å²) in [5.41, 5.74) is 0. The van der Waals surface area contributed by atoms with Crippen LogP contribution in [0.4, 0.5) is 0 Å². The molecule has 6 heteroatoms. The third kappa shape index (κ3) is 5.16. The highest BCUT2D eigenvalue weighted by Crippen LogP contribution is 2.23. The number of nitrogens with one attached hydrogen (secondary N) is 2. The predicted octanol–water partition coefficient (Wildman–Crippen LogP) is 2.61. The molecular formula is C14H26N2O2S2. The van der Waals surface area contributed by atoms with Gasteiger partial charge in [0.25, 0.3) is 0 Å². The smallest absolute Gasteiger partial charge is 0.250 e. The Labute approximate surface area is 127 Å². The molecule has 2 N–H and O–H groups in total. The molecule has 0 radical (unpaired) electrons. The van der Waals surface area contributed by atoms with Crippen LogP contribution in [-0.2, 0) is 16.4 Å². The monoisotopic (exact) mass is 318 g/mol. The quantitative estimate of drug-likeness (QED) is 0.688. The lowest BCUT2D eigenvalue weighted by Crippen LogP contribution is -2.37. The summed E-state index contributed by atoms with van der Waals surface area (Å²) in [6.45, 7) is 9.95. The summed E-state index contributed by atoms with van der Waals surface area (Å²) in [4.78, 5) is 1.10. The summed E-state index contributed by atoms with van der Waals surface area (Å²) in [5.74, 6) is 0.294. The fourth-order valence-corrected chi connectivity index (χ4v) is 4.81. The van der Waals surface area contributed by atoms with Crippen molar-refractivity contribution < 1.29 is 8.42 Å². The van der Waals surface area contributed by atoms with Crippen LogP contribution in [0.5, 0.6) is 0 Å². The standard InChI is InChI=1S/C14H26N2O2S2/c1-5-13(11(3)4)16-20(17,18)14-8-7-12(19-14)9-10-15-6-2/h7-8,11,13,15-16H,5-6,9-10H2,1-4H3. The van der Waals surface area contributed by atoms with Crippen molar-refractivity contribution in [2.75, 3.05) is 13.1 Å². The summed E-state index contributed by atoms with van der Waals surface area (Å²) in [7, 11) is -3.38. The highest BCUT2D eigenvalue weighted by molar-refractivity contribution is 7.91. The van der Waals surface area contributed by atoms with E-state index < -0.39 is 10.0 Å². The van der Waals surface area contributed by atoms with E-state index in [1.807, 2.05) is 26.8 Å². The van der Waals surface area contributed by atoms with E-state index in [2.05, 4.69) is 17.0 Å². The van der Waals surface area contributed by atoms with Crippen LogP contribution < -0.4 is 10.0 Å². The topological polar surface area (TPSA) is 58.2 Å². The van der Waals surface area contributed by atoms with Gasteiger partial charge in [-0.1, -0.05) is 27.7 Å². The minimum Gasteiger partial charge on any atom is -0.317 e. The van der Waals surface area contributed by atoms with Crippen molar-refractivity contribution in [2.45, 2.75) is 50.8 Å². The first-order chi connectivity index (χ1) is 9.40. The van der Waals surface area contributed by atoms with Gasteiger partial charge in [0.15, 0.2) is 0 Å². The number of likely N-dealkylation sites (N-methyl/N-ethyl adjacent to an activating group) is 1. The maximum absolute atomic E-state index is 12.3. The van der Waals surface area contributed by atoms with E-state index >= 15 is 0 Å². The van der Waals surface area contributed by atoms with Crippen LogP contribution in [0, 0.1) is 5.92 Å². The van der Waals surface area contributed by atoms with E-state index in [1.165, 1.54) is 11.3 Å². The second kappa shape index (κ2) is 8.12. The molecule has 0 saturated carbocycles. The lowest BCUT2D eigenvalue weighted by atomic mass is 10.0. The molecular weight excluding hydrogens is 292 g/mol. The molecule has 0 saturated heterocycles. The summed E-state index contributed by atoms with van der Waals surface area (Å²) in [5, 5.41) is 3.24. The zero-order chi connectivity index (χ0) is 15.2. The van der Waals surface area contributed by atoms with Gasteiger partial charge in [0.2, 0.25) is 10.0 Å². The molecule has 0 aromatic carbocycles. The van der Waals surface area contributed by atoms with Crippen molar-refractivity contribution in [3.05, 3.63) is 17.0 Å². The van der Waals surface area contributed by atoms with Crippen LogP contribution >= 0.6 is 11.3 Å². The highest BCUT2D eigenvalue weighted by Gasteiger charge is 2.22. The summed E-state index contributed by atoms with van der Waals surface area (Å²) in [6.07, 6.45) is 1.67. The van der Waals surface area contributed by atoms with Crippen molar-refractivity contribution in [3.63, 3.8) is 0 Å². The molecule has 0 aliphatic carbocycles. The molecule has 0 spiro atoms. The van der Waals surface area contributed by atoms with Crippen molar-refractivity contribution >= 4 is 21.4 Å². The Bertz CT molecular complexity index is 495. The fraction of sp³-hybridized carbons (Fsp3) is 0.714. The first-order valence-electron chi connectivity index (χ1n) is 7.22. The summed E-state index contributed by atoms with van der Waals surface area (Å²) in [6, 6.07) is 3.61. The molecule has 0 bridgehead atoms. The molecule has 20 heavy (non-hydrogen) atoms. The Kier molecular flexibility index (Phi) is 7.15. The van der Waals surface area contributed by atoms with E-state index in [1.54, 1.807) is 6.07 Å². The molecule has 1 rings (SSSR count). The first-order valence-corrected chi connectivity index (χ1v) is 9.52. The van der Waals surface area contributed by atoms with Crippen LogP contribution in [0.1, 0.15) is 39.0 Å². The lowest BCUT2D eigenvalue weighted by Gasteiger charge is -2.19. The lowest BCUT2D eigenvalue weighted by molar-refractivity contribution is 0.438. The summed E-state index contributed by atoms with van der Waals surface area (Å²) < 4.78 is 27.9. The normalized spacial score (nSPS) is 13.8. The van der Waals surface area contributed by atoms with E-state index in [0.29, 0.717) is 10.1 Å². The molecule has 1 aromatic heterocycles. The van der Waals surface area contributed by atoms with Crippen LogP contribution in [-0.4, -0.2) is 27.5 Å². The zero-order valence-electron chi connectivity index (χ0n) is 12.8. The van der Waals surface area contributed by atoms with Crippen LogP contribution in [0.2, 0.25) is 0 Å². The van der Waals surface area contributed by atoms with E-state index in [0.717, 1.165) is 30.8 Å². The zero-order valence-corrected chi connectivity index (χ0v) is 14.4. The van der Waals surface area contributed by atoms with Gasteiger partial charge in [-0.2, -0.15) is 0 Å². The van der Waals surface area contributed by atoms with Crippen molar-refractivity contribution in [1.82, 2.24) is 10.0 Å². The van der Waals surface area contributed by atoms with Crippen molar-refractivity contribution in [3.8, 4) is 0 Å². The molecule has 0 fully saturated rings. The van der Waals surface area contributed by atoms with Crippen molar-refractivity contribution in [2.24, 2.45) is 5.92 Å². The minimum atomic E-state index is -3.38. The number of rotatable bonds is 9. The third-order valence-electron chi connectivity index (χ3n) is 3.25. The number of thiophene rings is 1. The van der Waals surface area contributed by atoms with Crippen LogP contribution in [0.15, 0.2) is 16.3 Å². The van der Waals surface area contributed by atoms with E-state index in [9.17, 15) is 8.42 Å². The Morgan fingerprint density at radius 1 is 1.25 bits per heavy atom. The van der Waals surface area contributed by atoms with E-state index in [4.69, 9.17) is 0 Å². The maximum Gasteiger partial charge on any atom is 0.250 e. The Hall–Kier alpha value is -0.430. The Morgan fingerprint density at radius 2 is 1.95 bits per heavy atom. The molecule has 116 valence electrons. The SMILES string of the molecule is CCNCCc1ccc(S(=O)(=O)NC(CC)C(C)C)s1. The van der Waals surface area contributed by atoms with Gasteiger partial charge in [-0.05, 0) is 44.0 Å². The molecule has 1 unspecified atom stereocenters. The van der Waals surface area contributed by atoms with Crippen molar-refractivity contribution in [1.29, 1.82) is 0 Å². The second-order valence-corrected chi connectivity index (χ2v) is 8.31. The molecule has 0 amide bonds. The highest BCUT2D eigenvalue weighted by atomic mass is 32.2. The van der Waals surface area contributed by atoms with Gasteiger partial charge in [0, 0.05) is 10.9 Å². The van der Waals surface area contributed by atoms with Gasteiger partial charge in [-0.3, -0.25) is 0 Å². The molecule has 4 nitrogen and oxygen atoms in total. The van der Waals surface area contributed by atoms with Gasteiger partial charge >= 0.3 is 0 Å².